The van der Waals surface area contributed by atoms with Crippen LogP contribution in [0.15, 0.2) is 54.6 Å². The Morgan fingerprint density at radius 2 is 1.65 bits per heavy atom. The van der Waals surface area contributed by atoms with Gasteiger partial charge in [-0.05, 0) is 36.5 Å². The average molecular weight is 351 g/mol. The molecule has 1 amide bonds. The van der Waals surface area contributed by atoms with Crippen molar-refractivity contribution < 1.29 is 14.3 Å². The van der Waals surface area contributed by atoms with Crippen LogP contribution in [-0.2, 0) is 26.2 Å². The monoisotopic (exact) mass is 351 g/mol. The molecule has 3 rings (SSSR count). The molecule has 1 N–H and O–H groups in total. The first-order valence-electron chi connectivity index (χ1n) is 9.26. The van der Waals surface area contributed by atoms with Gasteiger partial charge in [0, 0.05) is 5.69 Å². The van der Waals surface area contributed by atoms with E-state index in [9.17, 15) is 9.59 Å². The Morgan fingerprint density at radius 1 is 1.00 bits per heavy atom. The van der Waals surface area contributed by atoms with Crippen LogP contribution in [0.1, 0.15) is 43.7 Å². The number of hydrogen-bond acceptors (Lipinski definition) is 3. The zero-order valence-corrected chi connectivity index (χ0v) is 15.2. The zero-order chi connectivity index (χ0) is 18.4. The van der Waals surface area contributed by atoms with Gasteiger partial charge in [-0.2, -0.15) is 0 Å². The first-order valence-corrected chi connectivity index (χ1v) is 9.26. The number of anilines is 1. The predicted octanol–water partition coefficient (Wildman–Crippen LogP) is 4.24. The Kier molecular flexibility index (Phi) is 5.71. The van der Waals surface area contributed by atoms with E-state index < -0.39 is 5.41 Å². The highest BCUT2D eigenvalue weighted by Crippen LogP contribution is 2.42. The van der Waals surface area contributed by atoms with Crippen LogP contribution in [0.5, 0.6) is 0 Å². The van der Waals surface area contributed by atoms with Gasteiger partial charge in [-0.1, -0.05) is 68.3 Å². The Hall–Kier alpha value is -2.62. The zero-order valence-electron chi connectivity index (χ0n) is 15.2. The molecule has 136 valence electrons. The second kappa shape index (κ2) is 8.17. The largest absolute Gasteiger partial charge is 0.455 e. The third-order valence-corrected chi connectivity index (χ3v) is 5.18. The van der Waals surface area contributed by atoms with E-state index >= 15 is 0 Å². The van der Waals surface area contributed by atoms with Crippen LogP contribution in [0.4, 0.5) is 5.69 Å². The van der Waals surface area contributed by atoms with Crippen molar-refractivity contribution in [1.82, 2.24) is 0 Å². The van der Waals surface area contributed by atoms with Crippen LogP contribution in [0.25, 0.3) is 0 Å². The highest BCUT2D eigenvalue weighted by molar-refractivity contribution is 5.94. The number of rotatable bonds is 6. The Labute approximate surface area is 154 Å². The third kappa shape index (κ3) is 3.79. The van der Waals surface area contributed by atoms with E-state index in [2.05, 4.69) is 5.32 Å². The summed E-state index contributed by atoms with van der Waals surface area (Å²) in [5, 5.41) is 2.84. The minimum absolute atomic E-state index is 0.258. The van der Waals surface area contributed by atoms with Crippen molar-refractivity contribution in [1.29, 1.82) is 0 Å². The molecule has 4 heteroatoms. The number of para-hydroxylation sites is 1. The molecular weight excluding hydrogens is 326 g/mol. The van der Waals surface area contributed by atoms with Crippen molar-refractivity contribution in [2.45, 2.75) is 44.4 Å². The molecule has 26 heavy (non-hydrogen) atoms. The first-order chi connectivity index (χ1) is 12.7. The highest BCUT2D eigenvalue weighted by atomic mass is 16.5. The lowest BCUT2D eigenvalue weighted by molar-refractivity contribution is -0.153. The molecule has 2 aromatic carbocycles. The molecule has 0 aliphatic heterocycles. The van der Waals surface area contributed by atoms with Gasteiger partial charge in [-0.15, -0.1) is 0 Å². The fourth-order valence-corrected chi connectivity index (χ4v) is 3.75. The number of ether oxygens (including phenoxy) is 1. The standard InChI is InChI=1S/C22H25NO3/c1-2-17-10-6-7-13-19(17)23-20(24)16-26-21(25)22(14-8-9-15-22)18-11-4-3-5-12-18/h3-7,10-13H,2,8-9,14-16H2,1H3,(H,23,24). The molecule has 0 spiro atoms. The van der Waals surface area contributed by atoms with Crippen molar-refractivity contribution in [2.24, 2.45) is 0 Å². The fraction of sp³-hybridized carbons (Fsp3) is 0.364. The van der Waals surface area contributed by atoms with Crippen LogP contribution < -0.4 is 5.32 Å². The summed E-state index contributed by atoms with van der Waals surface area (Å²) in [5.74, 6) is -0.597. The lowest BCUT2D eigenvalue weighted by atomic mass is 9.79. The summed E-state index contributed by atoms with van der Waals surface area (Å²) in [6.07, 6.45) is 4.37. The number of amides is 1. The number of carbonyl (C=O) groups excluding carboxylic acids is 2. The minimum atomic E-state index is -0.608. The Morgan fingerprint density at radius 3 is 2.35 bits per heavy atom. The van der Waals surface area contributed by atoms with Gasteiger partial charge in [-0.3, -0.25) is 9.59 Å². The predicted molar refractivity (Wildman–Crippen MR) is 102 cm³/mol. The molecule has 0 unspecified atom stereocenters. The highest BCUT2D eigenvalue weighted by Gasteiger charge is 2.44. The fourth-order valence-electron chi connectivity index (χ4n) is 3.75. The summed E-state index contributed by atoms with van der Waals surface area (Å²) >= 11 is 0. The normalized spacial score (nSPS) is 15.4. The number of aryl methyl sites for hydroxylation is 1. The maximum absolute atomic E-state index is 12.8. The molecule has 0 heterocycles. The summed E-state index contributed by atoms with van der Waals surface area (Å²) in [4.78, 5) is 25.1. The molecule has 0 bridgehead atoms. The summed E-state index contributed by atoms with van der Waals surface area (Å²) < 4.78 is 5.44. The average Bonchev–Trinajstić information content (AvgIpc) is 3.18. The summed E-state index contributed by atoms with van der Waals surface area (Å²) in [5.41, 5.74) is 2.21. The molecule has 1 aliphatic carbocycles. The van der Waals surface area contributed by atoms with Gasteiger partial charge in [0.1, 0.15) is 0 Å². The topological polar surface area (TPSA) is 55.4 Å². The number of benzene rings is 2. The smallest absolute Gasteiger partial charge is 0.317 e. The molecule has 2 aromatic rings. The van der Waals surface area contributed by atoms with E-state index in [0.29, 0.717) is 0 Å². The lowest BCUT2D eigenvalue weighted by Crippen LogP contribution is -2.36. The van der Waals surface area contributed by atoms with Gasteiger partial charge >= 0.3 is 5.97 Å². The van der Waals surface area contributed by atoms with E-state index in [-0.39, 0.29) is 18.5 Å². The molecular formula is C22H25NO3. The van der Waals surface area contributed by atoms with Crippen LogP contribution in [0.2, 0.25) is 0 Å². The van der Waals surface area contributed by atoms with Gasteiger partial charge in [0.25, 0.3) is 5.91 Å². The number of hydrogen-bond donors (Lipinski definition) is 1. The molecule has 0 atom stereocenters. The maximum Gasteiger partial charge on any atom is 0.317 e. The molecule has 4 nitrogen and oxygen atoms in total. The van der Waals surface area contributed by atoms with Crippen LogP contribution in [0.3, 0.4) is 0 Å². The Bertz CT molecular complexity index is 764. The van der Waals surface area contributed by atoms with Gasteiger partial charge in [-0.25, -0.2) is 0 Å². The molecule has 1 aliphatic rings. The summed E-state index contributed by atoms with van der Waals surface area (Å²) in [6.45, 7) is 1.78. The molecule has 1 fully saturated rings. The summed E-state index contributed by atoms with van der Waals surface area (Å²) in [7, 11) is 0. The van der Waals surface area contributed by atoms with Crippen molar-refractivity contribution >= 4 is 17.6 Å². The van der Waals surface area contributed by atoms with Gasteiger partial charge in [0.2, 0.25) is 0 Å². The van der Waals surface area contributed by atoms with Crippen molar-refractivity contribution in [3.63, 3.8) is 0 Å². The number of esters is 1. The van der Waals surface area contributed by atoms with E-state index in [4.69, 9.17) is 4.74 Å². The maximum atomic E-state index is 12.8. The van der Waals surface area contributed by atoms with Crippen molar-refractivity contribution in [3.05, 3.63) is 65.7 Å². The first kappa shape index (κ1) is 18.2. The van der Waals surface area contributed by atoms with E-state index in [1.807, 2.05) is 61.5 Å². The van der Waals surface area contributed by atoms with Gasteiger partial charge in [0.15, 0.2) is 6.61 Å². The third-order valence-electron chi connectivity index (χ3n) is 5.18. The molecule has 1 saturated carbocycles. The van der Waals surface area contributed by atoms with Crippen molar-refractivity contribution in [2.75, 3.05) is 11.9 Å². The van der Waals surface area contributed by atoms with Crippen LogP contribution in [-0.4, -0.2) is 18.5 Å². The SMILES string of the molecule is CCc1ccccc1NC(=O)COC(=O)C1(c2ccccc2)CCCC1. The van der Waals surface area contributed by atoms with E-state index in [1.54, 1.807) is 0 Å². The second-order valence-electron chi connectivity index (χ2n) is 6.79. The van der Waals surface area contributed by atoms with Gasteiger partial charge < -0.3 is 10.1 Å². The molecule has 0 radical (unpaired) electrons. The van der Waals surface area contributed by atoms with E-state index in [1.165, 1.54) is 0 Å². The van der Waals surface area contributed by atoms with Crippen LogP contribution in [0, 0.1) is 0 Å². The minimum Gasteiger partial charge on any atom is -0.455 e. The quantitative estimate of drug-likeness (QED) is 0.792. The summed E-state index contributed by atoms with van der Waals surface area (Å²) in [6, 6.07) is 17.4. The lowest BCUT2D eigenvalue weighted by Gasteiger charge is -2.27. The van der Waals surface area contributed by atoms with Crippen molar-refractivity contribution in [3.8, 4) is 0 Å². The number of carbonyl (C=O) groups is 2. The number of nitrogens with one attached hydrogen (secondary N) is 1. The second-order valence-corrected chi connectivity index (χ2v) is 6.79. The Balaban J connectivity index is 1.65. The van der Waals surface area contributed by atoms with Gasteiger partial charge in [0.05, 0.1) is 5.41 Å². The van der Waals surface area contributed by atoms with E-state index in [0.717, 1.165) is 48.9 Å². The molecule has 0 saturated heterocycles. The molecule has 0 aromatic heterocycles. The van der Waals surface area contributed by atoms with Crippen LogP contribution >= 0.6 is 0 Å².